The summed E-state index contributed by atoms with van der Waals surface area (Å²) in [7, 11) is 0. The highest BCUT2D eigenvalue weighted by molar-refractivity contribution is 5.82. The van der Waals surface area contributed by atoms with Crippen molar-refractivity contribution < 1.29 is 23.5 Å². The van der Waals surface area contributed by atoms with Gasteiger partial charge in [0.15, 0.2) is 11.5 Å². The molecule has 6 heteroatoms. The molecule has 1 aliphatic carbocycles. The molecule has 1 unspecified atom stereocenters. The molecule has 6 nitrogen and oxygen atoms in total. The maximum Gasteiger partial charge on any atom is 0.254 e. The van der Waals surface area contributed by atoms with Crippen LogP contribution in [0, 0.1) is 11.8 Å². The van der Waals surface area contributed by atoms with Crippen LogP contribution in [0.4, 0.5) is 0 Å². The summed E-state index contributed by atoms with van der Waals surface area (Å²) in [5.74, 6) is 1.18. The third-order valence-electron chi connectivity index (χ3n) is 5.07. The van der Waals surface area contributed by atoms with E-state index in [1.165, 1.54) is 0 Å². The van der Waals surface area contributed by atoms with Crippen molar-refractivity contribution in [3.05, 3.63) is 11.8 Å². The first-order valence-corrected chi connectivity index (χ1v) is 8.87. The van der Waals surface area contributed by atoms with E-state index in [-0.39, 0.29) is 23.4 Å². The van der Waals surface area contributed by atoms with Gasteiger partial charge in [0.05, 0.1) is 25.7 Å². The number of aromatic nitrogens is 1. The third kappa shape index (κ3) is 3.81. The van der Waals surface area contributed by atoms with Crippen molar-refractivity contribution in [2.75, 3.05) is 19.8 Å². The summed E-state index contributed by atoms with van der Waals surface area (Å²) in [6.45, 7) is 7.60. The number of nitrogens with zero attached hydrogens (tertiary/aromatic N) is 1. The Hall–Kier alpha value is -1.40. The van der Waals surface area contributed by atoms with Gasteiger partial charge in [-0.15, -0.1) is 0 Å². The van der Waals surface area contributed by atoms with E-state index >= 15 is 0 Å². The van der Waals surface area contributed by atoms with Gasteiger partial charge < -0.3 is 18.7 Å². The fourth-order valence-electron chi connectivity index (χ4n) is 3.76. The second-order valence-corrected chi connectivity index (χ2v) is 7.26. The molecular weight excluding hydrogens is 310 g/mol. The van der Waals surface area contributed by atoms with Gasteiger partial charge in [0.25, 0.3) is 5.88 Å². The predicted molar refractivity (Wildman–Crippen MR) is 86.9 cm³/mol. The number of carbonyl (C=O) groups excluding carboxylic acids is 1. The molecule has 0 bridgehead atoms. The number of Topliss-reactive ketones (excluding diaryl/α,β-unsaturated/α-hetero) is 1. The van der Waals surface area contributed by atoms with Crippen LogP contribution in [-0.4, -0.2) is 36.5 Å². The fourth-order valence-corrected chi connectivity index (χ4v) is 3.76. The Morgan fingerprint density at radius 3 is 2.58 bits per heavy atom. The van der Waals surface area contributed by atoms with Gasteiger partial charge >= 0.3 is 0 Å². The molecule has 2 heterocycles. The normalized spacial score (nSPS) is 22.2. The zero-order valence-corrected chi connectivity index (χ0v) is 14.7. The molecule has 1 atom stereocenters. The van der Waals surface area contributed by atoms with Crippen molar-refractivity contribution in [1.82, 2.24) is 5.16 Å². The Morgan fingerprint density at radius 2 is 2.00 bits per heavy atom. The molecule has 0 aromatic carbocycles. The molecule has 24 heavy (non-hydrogen) atoms. The fraction of sp³-hybridized carbons (Fsp3) is 0.778. The highest BCUT2D eigenvalue weighted by Gasteiger charge is 2.40. The zero-order valence-electron chi connectivity index (χ0n) is 14.7. The standard InChI is InChI=1S/C18H27NO5/c1-12(2)17(13(3)20)15-10-16(19-24-15)21-11-14-4-6-18(7-5-14)22-8-9-23-18/h10,12,14,17H,4-9,11H2,1-3H3. The summed E-state index contributed by atoms with van der Waals surface area (Å²) in [4.78, 5) is 11.8. The van der Waals surface area contributed by atoms with E-state index in [0.29, 0.717) is 37.4 Å². The first-order chi connectivity index (χ1) is 11.5. The van der Waals surface area contributed by atoms with Gasteiger partial charge in [0.2, 0.25) is 0 Å². The maximum absolute atomic E-state index is 11.8. The van der Waals surface area contributed by atoms with E-state index in [9.17, 15) is 4.79 Å². The molecule has 0 amide bonds. The molecule has 2 aliphatic rings. The first-order valence-electron chi connectivity index (χ1n) is 8.87. The summed E-state index contributed by atoms with van der Waals surface area (Å²) in [6, 6.07) is 1.75. The monoisotopic (exact) mass is 337 g/mol. The number of ether oxygens (including phenoxy) is 3. The van der Waals surface area contributed by atoms with Gasteiger partial charge in [-0.05, 0) is 36.8 Å². The SMILES string of the molecule is CC(=O)C(c1cc(OCC2CCC3(CC2)OCCO3)no1)C(C)C. The minimum Gasteiger partial charge on any atom is -0.475 e. The van der Waals surface area contributed by atoms with Crippen molar-refractivity contribution in [3.63, 3.8) is 0 Å². The topological polar surface area (TPSA) is 70.8 Å². The average molecular weight is 337 g/mol. The molecule has 1 spiro atoms. The summed E-state index contributed by atoms with van der Waals surface area (Å²) < 4.78 is 22.6. The van der Waals surface area contributed by atoms with Crippen molar-refractivity contribution in [1.29, 1.82) is 0 Å². The number of hydrogen-bond acceptors (Lipinski definition) is 6. The lowest BCUT2D eigenvalue weighted by atomic mass is 9.85. The van der Waals surface area contributed by atoms with Crippen LogP contribution in [0.3, 0.4) is 0 Å². The van der Waals surface area contributed by atoms with Crippen LogP contribution in [0.1, 0.15) is 58.1 Å². The van der Waals surface area contributed by atoms with Crippen LogP contribution in [0.2, 0.25) is 0 Å². The van der Waals surface area contributed by atoms with Crippen LogP contribution in [0.25, 0.3) is 0 Å². The van der Waals surface area contributed by atoms with Crippen molar-refractivity contribution >= 4 is 5.78 Å². The number of carbonyl (C=O) groups is 1. The molecule has 1 aliphatic heterocycles. The molecular formula is C18H27NO5. The van der Waals surface area contributed by atoms with E-state index in [0.717, 1.165) is 25.7 Å². The van der Waals surface area contributed by atoms with Crippen molar-refractivity contribution in [3.8, 4) is 5.88 Å². The minimum absolute atomic E-state index is 0.0850. The Bertz CT molecular complexity index is 552. The van der Waals surface area contributed by atoms with Crippen LogP contribution >= 0.6 is 0 Å². The summed E-state index contributed by atoms with van der Waals surface area (Å²) in [5.41, 5.74) is 0. The van der Waals surface area contributed by atoms with Gasteiger partial charge in [0.1, 0.15) is 5.78 Å². The lowest BCUT2D eigenvalue weighted by molar-refractivity contribution is -0.183. The minimum atomic E-state index is -0.330. The van der Waals surface area contributed by atoms with E-state index in [1.54, 1.807) is 13.0 Å². The van der Waals surface area contributed by atoms with Crippen LogP contribution in [-0.2, 0) is 14.3 Å². The van der Waals surface area contributed by atoms with Crippen LogP contribution < -0.4 is 4.74 Å². The molecule has 3 rings (SSSR count). The second kappa shape index (κ2) is 7.23. The summed E-state index contributed by atoms with van der Waals surface area (Å²) >= 11 is 0. The van der Waals surface area contributed by atoms with Crippen LogP contribution in [0.15, 0.2) is 10.6 Å². The first kappa shape index (κ1) is 17.4. The van der Waals surface area contributed by atoms with Crippen LogP contribution in [0.5, 0.6) is 5.88 Å². The maximum atomic E-state index is 11.8. The Morgan fingerprint density at radius 1 is 1.33 bits per heavy atom. The molecule has 0 radical (unpaired) electrons. The highest BCUT2D eigenvalue weighted by atomic mass is 16.7. The van der Waals surface area contributed by atoms with E-state index in [1.807, 2.05) is 13.8 Å². The molecule has 0 N–H and O–H groups in total. The van der Waals surface area contributed by atoms with Gasteiger partial charge in [0, 0.05) is 18.9 Å². The Balaban J connectivity index is 1.50. The van der Waals surface area contributed by atoms with Gasteiger partial charge in [-0.2, -0.15) is 0 Å². The molecule has 1 aromatic heterocycles. The lowest BCUT2D eigenvalue weighted by Gasteiger charge is -2.35. The number of ketones is 1. The largest absolute Gasteiger partial charge is 0.475 e. The van der Waals surface area contributed by atoms with E-state index < -0.39 is 0 Å². The quantitative estimate of drug-likeness (QED) is 0.793. The predicted octanol–water partition coefficient (Wildman–Crippen LogP) is 3.32. The average Bonchev–Trinajstić information content (AvgIpc) is 3.17. The van der Waals surface area contributed by atoms with Gasteiger partial charge in [-0.1, -0.05) is 13.8 Å². The van der Waals surface area contributed by atoms with Gasteiger partial charge in [-0.25, -0.2) is 0 Å². The molecule has 1 saturated carbocycles. The third-order valence-corrected chi connectivity index (χ3v) is 5.07. The van der Waals surface area contributed by atoms with E-state index in [2.05, 4.69) is 5.16 Å². The van der Waals surface area contributed by atoms with Crippen molar-refractivity contribution in [2.24, 2.45) is 11.8 Å². The molecule has 1 aromatic rings. The molecule has 134 valence electrons. The Kier molecular flexibility index (Phi) is 5.25. The highest BCUT2D eigenvalue weighted by Crippen LogP contribution is 2.38. The van der Waals surface area contributed by atoms with E-state index in [4.69, 9.17) is 18.7 Å². The molecule has 1 saturated heterocycles. The summed E-state index contributed by atoms with van der Waals surface area (Å²) in [6.07, 6.45) is 3.88. The lowest BCUT2D eigenvalue weighted by Crippen LogP contribution is -2.36. The number of rotatable bonds is 6. The zero-order chi connectivity index (χ0) is 17.2. The Labute approximate surface area is 142 Å². The van der Waals surface area contributed by atoms with Gasteiger partial charge in [-0.3, -0.25) is 4.79 Å². The second-order valence-electron chi connectivity index (χ2n) is 7.26. The van der Waals surface area contributed by atoms with Crippen molar-refractivity contribution in [2.45, 2.75) is 58.2 Å². The molecule has 2 fully saturated rings. The number of hydrogen-bond donors (Lipinski definition) is 0. The smallest absolute Gasteiger partial charge is 0.254 e. The summed E-state index contributed by atoms with van der Waals surface area (Å²) in [5, 5.41) is 3.96.